The second-order valence-electron chi connectivity index (χ2n) is 6.84. The van der Waals surface area contributed by atoms with Crippen molar-refractivity contribution in [3.8, 4) is 0 Å². The molecular formula is C23H22N2O3S2. The van der Waals surface area contributed by atoms with E-state index < -0.39 is 0 Å². The third-order valence-corrected chi connectivity index (χ3v) is 6.99. The predicted molar refractivity (Wildman–Crippen MR) is 120 cm³/mol. The zero-order valence-corrected chi connectivity index (χ0v) is 17.9. The topological polar surface area (TPSA) is 71.3 Å². The summed E-state index contributed by atoms with van der Waals surface area (Å²) in [7, 11) is 0. The first-order valence-corrected chi connectivity index (χ1v) is 11.7. The van der Waals surface area contributed by atoms with Crippen LogP contribution in [0.1, 0.15) is 34.1 Å². The monoisotopic (exact) mass is 438 g/mol. The third-order valence-electron chi connectivity index (χ3n) is 4.79. The molecule has 1 aliphatic heterocycles. The fourth-order valence-corrected chi connectivity index (χ4v) is 5.31. The molecule has 2 aromatic carbocycles. The Bertz CT molecular complexity index is 1020. The van der Waals surface area contributed by atoms with Crippen LogP contribution in [0.4, 0.5) is 0 Å². The van der Waals surface area contributed by atoms with Crippen LogP contribution >= 0.6 is 23.5 Å². The van der Waals surface area contributed by atoms with Gasteiger partial charge in [-0.1, -0.05) is 30.3 Å². The Kier molecular flexibility index (Phi) is 6.81. The smallest absolute Gasteiger partial charge is 0.252 e. The van der Waals surface area contributed by atoms with Crippen molar-refractivity contribution in [1.29, 1.82) is 0 Å². The van der Waals surface area contributed by atoms with E-state index in [4.69, 9.17) is 4.42 Å². The lowest BCUT2D eigenvalue weighted by atomic mass is 10.0. The van der Waals surface area contributed by atoms with Crippen LogP contribution in [0.15, 0.2) is 81.1 Å². The minimum atomic E-state index is -0.110. The van der Waals surface area contributed by atoms with E-state index in [1.165, 1.54) is 22.2 Å². The number of hydrogen-bond donors (Lipinski definition) is 2. The largest absolute Gasteiger partial charge is 0.467 e. The molecule has 5 nitrogen and oxygen atoms in total. The Morgan fingerprint density at radius 2 is 1.90 bits per heavy atom. The zero-order chi connectivity index (χ0) is 20.8. The summed E-state index contributed by atoms with van der Waals surface area (Å²) in [6.45, 7) is 0.355. The number of amides is 2. The van der Waals surface area contributed by atoms with Gasteiger partial charge in [-0.05, 0) is 42.3 Å². The molecule has 1 aromatic heterocycles. The first kappa shape index (κ1) is 20.6. The highest BCUT2D eigenvalue weighted by atomic mass is 32.2. The van der Waals surface area contributed by atoms with E-state index >= 15 is 0 Å². The van der Waals surface area contributed by atoms with Crippen LogP contribution in [0.5, 0.6) is 0 Å². The van der Waals surface area contributed by atoms with E-state index in [1.54, 1.807) is 12.3 Å². The molecule has 0 radical (unpaired) electrons. The van der Waals surface area contributed by atoms with Crippen molar-refractivity contribution in [2.45, 2.75) is 28.8 Å². The lowest BCUT2D eigenvalue weighted by Crippen LogP contribution is -2.31. The lowest BCUT2D eigenvalue weighted by molar-refractivity contribution is -0.118. The van der Waals surface area contributed by atoms with Crippen molar-refractivity contribution < 1.29 is 14.0 Å². The van der Waals surface area contributed by atoms with Crippen LogP contribution in [0.2, 0.25) is 0 Å². The fraction of sp³-hybridized carbons (Fsp3) is 0.217. The number of furan rings is 1. The number of fused-ring (bicyclic) bond motifs is 1. The predicted octanol–water partition coefficient (Wildman–Crippen LogP) is 4.66. The molecule has 0 saturated carbocycles. The molecule has 0 fully saturated rings. The molecule has 30 heavy (non-hydrogen) atoms. The van der Waals surface area contributed by atoms with Crippen LogP contribution in [0, 0.1) is 0 Å². The molecule has 3 aromatic rings. The number of carbonyl (C=O) groups excluding carboxylic acids is 2. The molecule has 154 valence electrons. The highest BCUT2D eigenvalue weighted by Crippen LogP contribution is 2.36. The molecule has 0 saturated heterocycles. The summed E-state index contributed by atoms with van der Waals surface area (Å²) in [4.78, 5) is 27.2. The molecule has 2 amide bonds. The fourth-order valence-electron chi connectivity index (χ4n) is 3.30. The maximum atomic E-state index is 13.0. The Morgan fingerprint density at radius 1 is 1.07 bits per heavy atom. The van der Waals surface area contributed by atoms with Gasteiger partial charge in [0.15, 0.2) is 0 Å². The minimum absolute atomic E-state index is 0.00426. The Balaban J connectivity index is 1.38. The van der Waals surface area contributed by atoms with E-state index in [2.05, 4.69) is 22.8 Å². The number of nitrogens with one attached hydrogen (secondary N) is 2. The van der Waals surface area contributed by atoms with Crippen LogP contribution in [-0.4, -0.2) is 23.3 Å². The van der Waals surface area contributed by atoms with Gasteiger partial charge in [-0.15, -0.1) is 23.5 Å². The van der Waals surface area contributed by atoms with Crippen molar-refractivity contribution in [3.05, 3.63) is 83.8 Å². The van der Waals surface area contributed by atoms with Crippen LogP contribution in [0.25, 0.3) is 0 Å². The first-order chi connectivity index (χ1) is 14.7. The molecule has 2 N–H and O–H groups in total. The molecular weight excluding hydrogens is 416 g/mol. The quantitative estimate of drug-likeness (QED) is 0.525. The van der Waals surface area contributed by atoms with Crippen molar-refractivity contribution in [2.75, 3.05) is 11.5 Å². The molecule has 1 aliphatic rings. The van der Waals surface area contributed by atoms with Crippen molar-refractivity contribution >= 4 is 35.3 Å². The van der Waals surface area contributed by atoms with E-state index in [1.807, 2.05) is 54.2 Å². The molecule has 1 atom stereocenters. The van der Waals surface area contributed by atoms with Gasteiger partial charge in [-0.2, -0.15) is 0 Å². The van der Waals surface area contributed by atoms with E-state index in [9.17, 15) is 9.59 Å². The van der Waals surface area contributed by atoms with Crippen molar-refractivity contribution in [2.24, 2.45) is 0 Å². The number of hydrogen-bond acceptors (Lipinski definition) is 5. The van der Waals surface area contributed by atoms with E-state index in [0.717, 1.165) is 17.1 Å². The minimum Gasteiger partial charge on any atom is -0.467 e. The first-order valence-electron chi connectivity index (χ1n) is 9.74. The van der Waals surface area contributed by atoms with Gasteiger partial charge in [0.05, 0.1) is 30.2 Å². The maximum Gasteiger partial charge on any atom is 0.252 e. The highest BCUT2D eigenvalue weighted by Gasteiger charge is 2.23. The summed E-state index contributed by atoms with van der Waals surface area (Å²) in [6, 6.07) is 19.2. The van der Waals surface area contributed by atoms with Crippen LogP contribution in [-0.2, 0) is 11.3 Å². The standard InChI is InChI=1S/C23H22N2O3S2/c26-22(24-14-16-6-5-12-28-16)15-30-21-10-4-2-8-18(21)23(27)25-19-11-13-29-20-9-3-1-7-17(19)20/h1-10,12,19H,11,13-15H2,(H,24,26)(H,25,27)/t19-/m0/s1. The SMILES string of the molecule is O=C(CSc1ccccc1C(=O)N[C@H]1CCSc2ccccc21)NCc1ccco1. The molecule has 0 spiro atoms. The van der Waals surface area contributed by atoms with Gasteiger partial charge in [-0.25, -0.2) is 0 Å². The lowest BCUT2D eigenvalue weighted by Gasteiger charge is -2.26. The maximum absolute atomic E-state index is 13.0. The van der Waals surface area contributed by atoms with Gasteiger partial charge in [-0.3, -0.25) is 9.59 Å². The van der Waals surface area contributed by atoms with Gasteiger partial charge >= 0.3 is 0 Å². The van der Waals surface area contributed by atoms with Gasteiger partial charge in [0.1, 0.15) is 5.76 Å². The summed E-state index contributed by atoms with van der Waals surface area (Å²) in [5.74, 6) is 1.70. The third kappa shape index (κ3) is 5.09. The molecule has 4 rings (SSSR count). The molecule has 7 heteroatoms. The van der Waals surface area contributed by atoms with Gasteiger partial charge < -0.3 is 15.1 Å². The van der Waals surface area contributed by atoms with Crippen molar-refractivity contribution in [1.82, 2.24) is 10.6 Å². The number of carbonyl (C=O) groups is 2. The Hall–Kier alpha value is -2.64. The summed E-state index contributed by atoms with van der Waals surface area (Å²) < 4.78 is 5.22. The Morgan fingerprint density at radius 3 is 2.77 bits per heavy atom. The van der Waals surface area contributed by atoms with E-state index in [0.29, 0.717) is 17.9 Å². The summed E-state index contributed by atoms with van der Waals surface area (Å²) in [5, 5.41) is 6.01. The molecule has 0 aliphatic carbocycles. The van der Waals surface area contributed by atoms with Gasteiger partial charge in [0.25, 0.3) is 5.91 Å². The number of thioether (sulfide) groups is 2. The summed E-state index contributed by atoms with van der Waals surface area (Å²) in [6.07, 6.45) is 2.48. The highest BCUT2D eigenvalue weighted by molar-refractivity contribution is 8.00. The second kappa shape index (κ2) is 9.91. The average molecular weight is 439 g/mol. The Labute approximate surface area is 184 Å². The second-order valence-corrected chi connectivity index (χ2v) is 9.00. The molecule has 0 unspecified atom stereocenters. The van der Waals surface area contributed by atoms with Crippen LogP contribution in [0.3, 0.4) is 0 Å². The normalized spacial score (nSPS) is 15.3. The summed E-state index contributed by atoms with van der Waals surface area (Å²) >= 11 is 3.19. The number of rotatable bonds is 7. The van der Waals surface area contributed by atoms with E-state index in [-0.39, 0.29) is 23.6 Å². The number of benzene rings is 2. The molecule has 0 bridgehead atoms. The molecule has 2 heterocycles. The van der Waals surface area contributed by atoms with Gasteiger partial charge in [0, 0.05) is 15.5 Å². The average Bonchev–Trinajstić information content (AvgIpc) is 3.30. The van der Waals surface area contributed by atoms with Crippen LogP contribution < -0.4 is 10.6 Å². The summed E-state index contributed by atoms with van der Waals surface area (Å²) in [5.41, 5.74) is 1.77. The van der Waals surface area contributed by atoms with Crippen molar-refractivity contribution in [3.63, 3.8) is 0 Å². The van der Waals surface area contributed by atoms with Gasteiger partial charge in [0.2, 0.25) is 5.91 Å². The zero-order valence-electron chi connectivity index (χ0n) is 16.3.